The van der Waals surface area contributed by atoms with Gasteiger partial charge in [-0.2, -0.15) is 10.2 Å². The van der Waals surface area contributed by atoms with Gasteiger partial charge in [-0.15, -0.1) is 0 Å². The minimum atomic E-state index is -0.639. The molecule has 293 valence electrons. The van der Waals surface area contributed by atoms with E-state index in [1.165, 1.54) is 48.5 Å². The standard InChI is InChI=1S/C14H17N3O.C13H15N3O.C4H6O4.C2H3BO2.CH4O.2CH4.ClH.Na/c1-16-7-6-12(16)14-13-10-4-2-3-5-11(10)15-17(13)8-9-18-14;1-2-4-10-9(3-1)12-13(11-5-6-14-11)17-8-7-16(12)15-10;1-3(5)7-8-4(2)6;1-2(4)5-3;1-2;;;;/h2-5,12,14H,6-9H2,1H3;1-4,11,13-14H,5-8H2;1-2H3;1H3;2H,1H3;2*1H4;1H;/q;;;-1;;;;;+1/t12-,14?;11-,13?;;;;;;;/m00......./s1. The Morgan fingerprint density at radius 2 is 1.24 bits per heavy atom. The number of hydrogen-bond donors (Lipinski definition) is 3. The first-order valence-electron chi connectivity index (χ1n) is 16.5. The quantitative estimate of drug-likeness (QED) is 0.104. The summed E-state index contributed by atoms with van der Waals surface area (Å²) in [6.07, 6.45) is 2.85. The molecule has 3 unspecified atom stereocenters. The van der Waals surface area contributed by atoms with Crippen LogP contribution in [-0.2, 0) is 51.4 Å². The maximum atomic E-state index is 9.85. The van der Waals surface area contributed by atoms with Gasteiger partial charge in [0.1, 0.15) is 12.1 Å². The van der Waals surface area contributed by atoms with E-state index in [9.17, 15) is 14.4 Å². The van der Waals surface area contributed by atoms with E-state index in [1.807, 2.05) is 6.07 Å². The average molecular weight is 784 g/mol. The molecule has 4 aliphatic heterocycles. The molecule has 2 aromatic heterocycles. The van der Waals surface area contributed by atoms with Gasteiger partial charge in [0.2, 0.25) is 5.97 Å². The van der Waals surface area contributed by atoms with Gasteiger partial charge in [-0.05, 0) is 25.1 Å². The number of halogens is 1. The summed E-state index contributed by atoms with van der Waals surface area (Å²) in [5, 5.41) is 22.3. The molecule has 8 rings (SSSR count). The number of carbonyl (C=O) groups is 3. The van der Waals surface area contributed by atoms with E-state index >= 15 is 0 Å². The summed E-state index contributed by atoms with van der Waals surface area (Å²) in [5.41, 5.74) is 4.72. The molecular formula is C36H54BClN6NaO9. The Balaban J connectivity index is 0.000000730. The van der Waals surface area contributed by atoms with Crippen LogP contribution in [0.15, 0.2) is 48.5 Å². The first-order chi connectivity index (χ1) is 24.2. The molecular weight excluding hydrogens is 730 g/mol. The molecule has 2 fully saturated rings. The molecule has 5 atom stereocenters. The summed E-state index contributed by atoms with van der Waals surface area (Å²) < 4.78 is 19.9. The molecule has 4 aromatic rings. The number of aromatic nitrogens is 4. The second kappa shape index (κ2) is 25.2. The van der Waals surface area contributed by atoms with Crippen LogP contribution in [0.25, 0.3) is 21.8 Å². The minimum Gasteiger partial charge on any atom is -1.00 e. The van der Waals surface area contributed by atoms with Crippen molar-refractivity contribution in [2.45, 2.75) is 85.8 Å². The predicted molar refractivity (Wildman–Crippen MR) is 196 cm³/mol. The first kappa shape index (κ1) is 50.9. The van der Waals surface area contributed by atoms with Crippen LogP contribution in [0.5, 0.6) is 0 Å². The third-order valence-electron chi connectivity index (χ3n) is 8.63. The monoisotopic (exact) mass is 783 g/mol. The Morgan fingerprint density at radius 1 is 0.815 bits per heavy atom. The Kier molecular flexibility index (Phi) is 23.7. The SMILES string of the molecule is C.C.CC(=O)OOC(C)=O.CO.C[NH+]1CC[C@H]1C1OCCn2nc3ccccc3c21.[B-]OC(C)=O.[Cl-].[Na+].c1ccc2c3n(nc2c1)CCOC3[C@@H]1CCN1. The summed E-state index contributed by atoms with van der Waals surface area (Å²) in [7, 11) is 7.58. The van der Waals surface area contributed by atoms with E-state index in [2.05, 4.69) is 91.8 Å². The van der Waals surface area contributed by atoms with Crippen molar-refractivity contribution in [3.8, 4) is 0 Å². The van der Waals surface area contributed by atoms with Crippen molar-refractivity contribution in [3.63, 3.8) is 0 Å². The van der Waals surface area contributed by atoms with Gasteiger partial charge in [0.25, 0.3) is 0 Å². The van der Waals surface area contributed by atoms with Crippen LogP contribution >= 0.6 is 0 Å². The fraction of sp³-hybridized carbons (Fsp3) is 0.528. The van der Waals surface area contributed by atoms with Gasteiger partial charge >= 0.3 is 41.5 Å². The zero-order valence-electron chi connectivity index (χ0n) is 30.5. The van der Waals surface area contributed by atoms with Gasteiger partial charge in [0, 0.05) is 44.7 Å². The summed E-state index contributed by atoms with van der Waals surface area (Å²) in [5.74, 6) is -1.74. The number of nitrogens with one attached hydrogen (secondary N) is 2. The van der Waals surface area contributed by atoms with Crippen LogP contribution in [0, 0.1) is 0 Å². The first-order valence-corrected chi connectivity index (χ1v) is 16.5. The van der Waals surface area contributed by atoms with E-state index in [0.29, 0.717) is 12.1 Å². The summed E-state index contributed by atoms with van der Waals surface area (Å²) >= 11 is 0. The van der Waals surface area contributed by atoms with Crippen molar-refractivity contribution in [1.82, 2.24) is 24.9 Å². The Hall–Kier alpha value is -3.06. The van der Waals surface area contributed by atoms with Crippen LogP contribution in [-0.4, -0.2) is 103 Å². The second-order valence-corrected chi connectivity index (χ2v) is 11.9. The molecule has 0 amide bonds. The molecule has 2 aromatic carbocycles. The number of rotatable bonds is 2. The summed E-state index contributed by atoms with van der Waals surface area (Å²) in [6, 6.07) is 17.8. The number of benzene rings is 2. The molecule has 54 heavy (non-hydrogen) atoms. The van der Waals surface area contributed by atoms with Gasteiger partial charge < -0.3 is 49.9 Å². The molecule has 2 saturated heterocycles. The van der Waals surface area contributed by atoms with E-state index < -0.39 is 17.9 Å². The third kappa shape index (κ3) is 13.0. The number of ether oxygens (including phenoxy) is 2. The van der Waals surface area contributed by atoms with Crippen LogP contribution in [0.4, 0.5) is 0 Å². The van der Waals surface area contributed by atoms with Gasteiger partial charge in [0.05, 0.1) is 68.7 Å². The smallest absolute Gasteiger partial charge is 1.00 e. The molecule has 6 heterocycles. The zero-order valence-corrected chi connectivity index (χ0v) is 33.3. The van der Waals surface area contributed by atoms with Crippen LogP contribution < -0.4 is 52.2 Å². The fourth-order valence-corrected chi connectivity index (χ4v) is 6.14. The molecule has 18 heteroatoms. The largest absolute Gasteiger partial charge is 1.00 e. The number of quaternary nitrogens is 1. The second-order valence-electron chi connectivity index (χ2n) is 11.9. The predicted octanol–water partition coefficient (Wildman–Crippen LogP) is -3.59. The maximum Gasteiger partial charge on any atom is 1.00 e. The number of fused-ring (bicyclic) bond motifs is 6. The number of hydrogen-bond acceptors (Lipinski definition) is 12. The molecule has 0 saturated carbocycles. The molecule has 3 radical (unpaired) electrons. The molecule has 4 aliphatic rings. The van der Waals surface area contributed by atoms with E-state index in [1.54, 1.807) is 4.90 Å². The maximum absolute atomic E-state index is 9.85. The normalized spacial score (nSPS) is 21.0. The number of likely N-dealkylation sites (tertiary alicyclic amines) is 1. The fourth-order valence-electron chi connectivity index (χ4n) is 6.14. The van der Waals surface area contributed by atoms with Crippen LogP contribution in [0.2, 0.25) is 0 Å². The van der Waals surface area contributed by atoms with Gasteiger partial charge in [-0.1, -0.05) is 51.3 Å². The van der Waals surface area contributed by atoms with E-state index in [0.717, 1.165) is 64.8 Å². The third-order valence-corrected chi connectivity index (χ3v) is 8.63. The van der Waals surface area contributed by atoms with Crippen molar-refractivity contribution in [2.75, 3.05) is 40.5 Å². The Labute approximate surface area is 347 Å². The molecule has 0 aliphatic carbocycles. The van der Waals surface area contributed by atoms with Gasteiger partial charge in [0.15, 0.2) is 6.10 Å². The average Bonchev–Trinajstić information content (AvgIpc) is 3.67. The van der Waals surface area contributed by atoms with Crippen molar-refractivity contribution in [3.05, 3.63) is 59.9 Å². The van der Waals surface area contributed by atoms with E-state index in [4.69, 9.17) is 19.7 Å². The molecule has 0 bridgehead atoms. The van der Waals surface area contributed by atoms with Crippen LogP contribution in [0.1, 0.15) is 72.1 Å². The van der Waals surface area contributed by atoms with Crippen molar-refractivity contribution >= 4 is 47.8 Å². The number of likely N-dealkylation sites (N-methyl/N-ethyl adjacent to an activating group) is 1. The topological polar surface area (TPSA) is 170 Å². The van der Waals surface area contributed by atoms with Crippen molar-refractivity contribution in [1.29, 1.82) is 0 Å². The summed E-state index contributed by atoms with van der Waals surface area (Å²) in [4.78, 5) is 38.4. The van der Waals surface area contributed by atoms with E-state index in [-0.39, 0.29) is 69.0 Å². The number of aliphatic hydroxyl groups excluding tert-OH is 1. The Morgan fingerprint density at radius 3 is 1.59 bits per heavy atom. The number of nitrogens with zero attached hydrogens (tertiary/aromatic N) is 4. The van der Waals surface area contributed by atoms with Crippen molar-refractivity contribution in [2.24, 2.45) is 0 Å². The summed E-state index contributed by atoms with van der Waals surface area (Å²) in [6.45, 7) is 9.19. The van der Waals surface area contributed by atoms with Crippen LogP contribution in [0.3, 0.4) is 0 Å². The molecule has 3 N–H and O–H groups in total. The molecule has 15 nitrogen and oxygen atoms in total. The van der Waals surface area contributed by atoms with Crippen molar-refractivity contribution < 1.29 is 90.3 Å². The molecule has 0 spiro atoms. The zero-order chi connectivity index (χ0) is 36.2. The number of carbonyl (C=O) groups excluding carboxylic acids is 3. The minimum absolute atomic E-state index is 0. The Bertz CT molecular complexity index is 1730. The van der Waals surface area contributed by atoms with Gasteiger partial charge in [-0.25, -0.2) is 19.4 Å². The number of aliphatic hydroxyl groups is 1. The van der Waals surface area contributed by atoms with Gasteiger partial charge in [-0.3, -0.25) is 14.2 Å².